The average molecular weight is 396 g/mol. The molecule has 1 atom stereocenters. The highest BCUT2D eigenvalue weighted by atomic mass is 16.5. The smallest absolute Gasteiger partial charge is 0.414 e. The number of quaternary nitrogens is 1. The van der Waals surface area contributed by atoms with Crippen LogP contribution in [0.2, 0.25) is 0 Å². The van der Waals surface area contributed by atoms with Gasteiger partial charge in [0.15, 0.2) is 24.6 Å². The zero-order chi connectivity index (χ0) is 21.1. The van der Waals surface area contributed by atoms with E-state index in [1.165, 1.54) is 0 Å². The van der Waals surface area contributed by atoms with Crippen molar-refractivity contribution in [3.05, 3.63) is 23.8 Å². The maximum absolute atomic E-state index is 12.6. The van der Waals surface area contributed by atoms with E-state index in [2.05, 4.69) is 10.1 Å². The van der Waals surface area contributed by atoms with Crippen molar-refractivity contribution in [2.45, 2.75) is 20.4 Å². The molecule has 1 aromatic rings. The van der Waals surface area contributed by atoms with Gasteiger partial charge in [-0.15, -0.1) is 0 Å². The van der Waals surface area contributed by atoms with Crippen LogP contribution in [0.15, 0.2) is 18.2 Å². The molecule has 0 fully saturated rings. The zero-order valence-electron chi connectivity index (χ0n) is 17.2. The molecule has 28 heavy (non-hydrogen) atoms. The molecule has 2 N–H and O–H groups in total. The van der Waals surface area contributed by atoms with Crippen LogP contribution in [-0.4, -0.2) is 70.3 Å². The Hall–Kier alpha value is -2.81. The molecule has 1 aromatic carbocycles. The van der Waals surface area contributed by atoms with Crippen molar-refractivity contribution in [1.29, 1.82) is 0 Å². The molecular weight excluding hydrogens is 366 g/mol. The second-order valence-corrected chi connectivity index (χ2v) is 6.13. The molecule has 0 aliphatic carbocycles. The molecule has 0 aliphatic heterocycles. The summed E-state index contributed by atoms with van der Waals surface area (Å²) >= 11 is 0. The van der Waals surface area contributed by atoms with E-state index in [1.807, 2.05) is 19.1 Å². The summed E-state index contributed by atoms with van der Waals surface area (Å²) in [6.45, 7) is 4.71. The van der Waals surface area contributed by atoms with Crippen molar-refractivity contribution in [3.8, 4) is 11.5 Å². The second-order valence-electron chi connectivity index (χ2n) is 6.13. The number of nitrogens with zero attached hydrogens (tertiary/aromatic N) is 1. The van der Waals surface area contributed by atoms with Crippen LogP contribution in [0.4, 0.5) is 4.79 Å². The normalized spacial score (nSPS) is 11.3. The number of amides is 3. The van der Waals surface area contributed by atoms with Gasteiger partial charge in [-0.25, -0.2) is 4.79 Å². The van der Waals surface area contributed by atoms with E-state index < -0.39 is 12.0 Å². The summed E-state index contributed by atoms with van der Waals surface area (Å²) in [6.07, 6.45) is -0.781. The number of benzene rings is 1. The number of ether oxygens (including phenoxy) is 3. The fourth-order valence-electron chi connectivity index (χ4n) is 2.64. The van der Waals surface area contributed by atoms with E-state index in [0.717, 1.165) is 10.5 Å². The van der Waals surface area contributed by atoms with E-state index in [0.29, 0.717) is 24.6 Å². The lowest BCUT2D eigenvalue weighted by Gasteiger charge is -2.22. The van der Waals surface area contributed by atoms with Crippen molar-refractivity contribution in [3.63, 3.8) is 0 Å². The first kappa shape index (κ1) is 23.2. The van der Waals surface area contributed by atoms with Gasteiger partial charge in [-0.1, -0.05) is 12.1 Å². The highest BCUT2D eigenvalue weighted by Gasteiger charge is 2.22. The monoisotopic (exact) mass is 396 g/mol. The van der Waals surface area contributed by atoms with E-state index in [9.17, 15) is 14.4 Å². The molecule has 0 bridgehead atoms. The molecule has 0 saturated heterocycles. The number of carbonyl (C=O) groups excluding carboxylic acids is 3. The maximum Gasteiger partial charge on any atom is 0.414 e. The molecule has 156 valence electrons. The number of rotatable bonds is 10. The molecule has 9 heteroatoms. The van der Waals surface area contributed by atoms with Crippen LogP contribution in [0.1, 0.15) is 19.4 Å². The first-order valence-electron chi connectivity index (χ1n) is 9.10. The van der Waals surface area contributed by atoms with Crippen LogP contribution in [-0.2, 0) is 20.9 Å². The number of imide groups is 1. The Morgan fingerprint density at radius 3 is 2.39 bits per heavy atom. The number of carbonyl (C=O) groups is 3. The van der Waals surface area contributed by atoms with E-state index in [4.69, 9.17) is 9.47 Å². The van der Waals surface area contributed by atoms with Crippen LogP contribution in [0.25, 0.3) is 0 Å². The molecule has 1 rings (SSSR count). The third kappa shape index (κ3) is 7.07. The summed E-state index contributed by atoms with van der Waals surface area (Å²) in [5.74, 6) is 0.557. The second kappa shape index (κ2) is 11.8. The molecule has 9 nitrogen and oxygen atoms in total. The summed E-state index contributed by atoms with van der Waals surface area (Å²) in [5, 5.41) is 2.14. The Morgan fingerprint density at radius 2 is 1.82 bits per heavy atom. The summed E-state index contributed by atoms with van der Waals surface area (Å²) in [6, 6.07) is 5.48. The molecule has 0 spiro atoms. The lowest BCUT2D eigenvalue weighted by Crippen LogP contribution is -3.14. The van der Waals surface area contributed by atoms with Crippen LogP contribution < -0.4 is 19.7 Å². The van der Waals surface area contributed by atoms with Gasteiger partial charge in [0.05, 0.1) is 27.4 Å². The summed E-state index contributed by atoms with van der Waals surface area (Å²) in [5.41, 5.74) is 0.816. The minimum absolute atomic E-state index is 0.00260. The number of hydrogen-bond donors (Lipinski definition) is 2. The topological polar surface area (TPSA) is 98.6 Å². The molecule has 3 amide bonds. The zero-order valence-corrected chi connectivity index (χ0v) is 17.2. The van der Waals surface area contributed by atoms with Gasteiger partial charge in [0.2, 0.25) is 0 Å². The Morgan fingerprint density at radius 1 is 1.11 bits per heavy atom. The van der Waals surface area contributed by atoms with Crippen LogP contribution in [0.3, 0.4) is 0 Å². The molecule has 0 saturated carbocycles. The molecular formula is C19H30N3O6+. The van der Waals surface area contributed by atoms with Crippen molar-refractivity contribution in [2.24, 2.45) is 0 Å². The minimum atomic E-state index is -0.781. The standard InChI is InChI=1S/C19H29N3O6/c1-6-22(12-16(23)20-19(25)28-7-2)13-17(24)21(3)11-14-9-8-10-15(26-4)18(14)27-5/h8-10H,6-7,11-13H2,1-5H3,(H,20,23,25)/p+1. The Bertz CT molecular complexity index is 680. The first-order chi connectivity index (χ1) is 13.4. The number of methoxy groups -OCH3 is 2. The van der Waals surface area contributed by atoms with Crippen molar-refractivity contribution >= 4 is 17.9 Å². The summed E-state index contributed by atoms with van der Waals surface area (Å²) in [7, 11) is 4.79. The van der Waals surface area contributed by atoms with Gasteiger partial charge >= 0.3 is 6.09 Å². The number of likely N-dealkylation sites (N-methyl/N-ethyl adjacent to an activating group) is 2. The van der Waals surface area contributed by atoms with Gasteiger partial charge < -0.3 is 24.0 Å². The number of nitrogens with one attached hydrogen (secondary N) is 2. The molecule has 0 heterocycles. The quantitative estimate of drug-likeness (QED) is 0.570. The average Bonchev–Trinajstić information content (AvgIpc) is 2.66. The molecule has 1 unspecified atom stereocenters. The molecule has 0 aromatic heterocycles. The number of hydrogen-bond acceptors (Lipinski definition) is 6. The lowest BCUT2D eigenvalue weighted by atomic mass is 10.1. The summed E-state index contributed by atoms with van der Waals surface area (Å²) in [4.78, 5) is 38.1. The van der Waals surface area contributed by atoms with Crippen LogP contribution in [0, 0.1) is 0 Å². The first-order valence-corrected chi connectivity index (χ1v) is 9.10. The van der Waals surface area contributed by atoms with Crippen molar-refractivity contribution < 1.29 is 33.5 Å². The van der Waals surface area contributed by atoms with Gasteiger partial charge in [0.25, 0.3) is 11.8 Å². The highest BCUT2D eigenvalue weighted by Crippen LogP contribution is 2.31. The van der Waals surface area contributed by atoms with Crippen LogP contribution >= 0.6 is 0 Å². The van der Waals surface area contributed by atoms with Gasteiger partial charge in [-0.2, -0.15) is 0 Å². The number of para-hydroxylation sites is 1. The van der Waals surface area contributed by atoms with Gasteiger partial charge in [0, 0.05) is 19.2 Å². The van der Waals surface area contributed by atoms with E-state index in [-0.39, 0.29) is 25.6 Å². The Balaban J connectivity index is 2.67. The van der Waals surface area contributed by atoms with Gasteiger partial charge in [-0.3, -0.25) is 14.9 Å². The highest BCUT2D eigenvalue weighted by molar-refractivity contribution is 5.92. The predicted molar refractivity (Wildman–Crippen MR) is 102 cm³/mol. The van der Waals surface area contributed by atoms with E-state index >= 15 is 0 Å². The van der Waals surface area contributed by atoms with Crippen LogP contribution in [0.5, 0.6) is 11.5 Å². The Labute approximate surface area is 165 Å². The van der Waals surface area contributed by atoms with E-state index in [1.54, 1.807) is 39.2 Å². The van der Waals surface area contributed by atoms with Crippen molar-refractivity contribution in [1.82, 2.24) is 10.2 Å². The lowest BCUT2D eigenvalue weighted by molar-refractivity contribution is -0.882. The van der Waals surface area contributed by atoms with Gasteiger partial charge in [-0.05, 0) is 19.9 Å². The third-order valence-electron chi connectivity index (χ3n) is 4.15. The minimum Gasteiger partial charge on any atom is -0.493 e. The number of alkyl carbamates (subject to hydrolysis) is 1. The molecule has 0 aliphatic rings. The largest absolute Gasteiger partial charge is 0.493 e. The van der Waals surface area contributed by atoms with Crippen molar-refractivity contribution in [2.75, 3.05) is 47.5 Å². The summed E-state index contributed by atoms with van der Waals surface area (Å²) < 4.78 is 15.4. The fraction of sp³-hybridized carbons (Fsp3) is 0.526. The predicted octanol–water partition coefficient (Wildman–Crippen LogP) is -0.160. The fourth-order valence-corrected chi connectivity index (χ4v) is 2.64. The SMILES string of the molecule is CCOC(=O)NC(=O)C[NH+](CC)CC(=O)N(C)Cc1cccc(OC)c1OC. The van der Waals surface area contributed by atoms with Gasteiger partial charge in [0.1, 0.15) is 0 Å². The maximum atomic E-state index is 12.6. The third-order valence-corrected chi connectivity index (χ3v) is 4.15. The Kier molecular flexibility index (Phi) is 9.80. The molecule has 0 radical (unpaired) electrons.